The first-order valence-corrected chi connectivity index (χ1v) is 4.83. The molecule has 0 unspecified atom stereocenters. The van der Waals surface area contributed by atoms with Gasteiger partial charge >= 0.3 is 0 Å². The van der Waals surface area contributed by atoms with Gasteiger partial charge in [0.25, 0.3) is 0 Å². The number of allylic oxidation sites excluding steroid dienone is 2. The van der Waals surface area contributed by atoms with Gasteiger partial charge in [0.2, 0.25) is 0 Å². The molecular weight excluding hydrogens is 160 g/mol. The molecule has 0 aromatic rings. The molecule has 0 aliphatic rings. The van der Waals surface area contributed by atoms with Gasteiger partial charge in [0.05, 0.1) is 0 Å². The van der Waals surface area contributed by atoms with Gasteiger partial charge < -0.3 is 11.1 Å². The molecule has 3 N–H and O–H groups in total. The van der Waals surface area contributed by atoms with E-state index < -0.39 is 0 Å². The zero-order valence-electron chi connectivity index (χ0n) is 9.22. The number of rotatable bonds is 5. The molecule has 0 amide bonds. The molecule has 0 aromatic carbocycles. The van der Waals surface area contributed by atoms with Crippen LogP contribution in [0.15, 0.2) is 23.9 Å². The minimum Gasteiger partial charge on any atom is -0.402 e. The monoisotopic (exact) mass is 182 g/mol. The Kier molecular flexibility index (Phi) is 5.47. The fraction of sp³-hybridized carbons (Fsp3) is 0.636. The Morgan fingerprint density at radius 2 is 2.08 bits per heavy atom. The molecule has 0 spiro atoms. The lowest BCUT2D eigenvalue weighted by Crippen LogP contribution is -2.37. The highest BCUT2D eigenvalue weighted by Crippen LogP contribution is 2.04. The first-order chi connectivity index (χ1) is 5.98. The molecule has 0 aromatic heterocycles. The van der Waals surface area contributed by atoms with Crippen LogP contribution in [0.3, 0.4) is 0 Å². The van der Waals surface area contributed by atoms with Gasteiger partial charge in [0.15, 0.2) is 0 Å². The summed E-state index contributed by atoms with van der Waals surface area (Å²) in [7, 11) is 0. The molecular formula is C11H22N2. The molecule has 0 bridgehead atoms. The zero-order chi connectivity index (χ0) is 10.3. The van der Waals surface area contributed by atoms with E-state index in [0.29, 0.717) is 0 Å². The van der Waals surface area contributed by atoms with Gasteiger partial charge in [0, 0.05) is 17.8 Å². The van der Waals surface area contributed by atoms with E-state index in [-0.39, 0.29) is 5.54 Å². The van der Waals surface area contributed by atoms with E-state index in [2.05, 4.69) is 38.2 Å². The highest BCUT2D eigenvalue weighted by molar-refractivity contribution is 5.03. The normalized spacial score (nSPS) is 14.0. The van der Waals surface area contributed by atoms with Crippen LogP contribution < -0.4 is 11.1 Å². The first-order valence-electron chi connectivity index (χ1n) is 4.83. The Balaban J connectivity index is 3.89. The van der Waals surface area contributed by atoms with Gasteiger partial charge in [-0.2, -0.15) is 0 Å². The van der Waals surface area contributed by atoms with Crippen molar-refractivity contribution in [3.63, 3.8) is 0 Å². The third-order valence-electron chi connectivity index (χ3n) is 1.75. The average Bonchev–Trinajstić information content (AvgIpc) is 2.00. The summed E-state index contributed by atoms with van der Waals surface area (Å²) in [6.45, 7) is 9.16. The van der Waals surface area contributed by atoms with Crippen molar-refractivity contribution in [3.05, 3.63) is 23.9 Å². The van der Waals surface area contributed by atoms with Gasteiger partial charge in [-0.25, -0.2) is 0 Å². The highest BCUT2D eigenvalue weighted by Gasteiger charge is 2.10. The Labute approximate surface area is 81.9 Å². The van der Waals surface area contributed by atoms with E-state index in [1.807, 2.05) is 13.0 Å². The lowest BCUT2D eigenvalue weighted by Gasteiger charge is -2.21. The summed E-state index contributed by atoms with van der Waals surface area (Å²) in [4.78, 5) is 0. The van der Waals surface area contributed by atoms with Crippen LogP contribution in [0.1, 0.15) is 34.1 Å². The number of nitrogens with one attached hydrogen (secondary N) is 1. The van der Waals surface area contributed by atoms with Crippen LogP contribution in [0.2, 0.25) is 0 Å². The summed E-state index contributed by atoms with van der Waals surface area (Å²) < 4.78 is 0. The van der Waals surface area contributed by atoms with Crippen molar-refractivity contribution in [3.8, 4) is 0 Å². The van der Waals surface area contributed by atoms with Crippen LogP contribution in [0.5, 0.6) is 0 Å². The summed E-state index contributed by atoms with van der Waals surface area (Å²) in [5.74, 6) is 0. The number of nitrogens with two attached hydrogens (primary N) is 1. The Morgan fingerprint density at radius 3 is 2.54 bits per heavy atom. The molecule has 2 heteroatoms. The molecule has 0 radical (unpaired) electrons. The van der Waals surface area contributed by atoms with Gasteiger partial charge in [0.1, 0.15) is 0 Å². The van der Waals surface area contributed by atoms with E-state index in [4.69, 9.17) is 5.73 Å². The van der Waals surface area contributed by atoms with Crippen molar-refractivity contribution >= 4 is 0 Å². The molecule has 0 rings (SSSR count). The van der Waals surface area contributed by atoms with Crippen molar-refractivity contribution in [1.82, 2.24) is 5.32 Å². The summed E-state index contributed by atoms with van der Waals surface area (Å²) in [6.07, 6.45) is 7.43. The minimum atomic E-state index is 0.0575. The molecule has 0 atom stereocenters. The van der Waals surface area contributed by atoms with E-state index in [1.165, 1.54) is 0 Å². The second kappa shape index (κ2) is 5.81. The maximum atomic E-state index is 5.52. The lowest BCUT2D eigenvalue weighted by molar-refractivity contribution is 0.502. The predicted octanol–water partition coefficient (Wildman–Crippen LogP) is 2.18. The Morgan fingerprint density at radius 1 is 1.46 bits per heavy atom. The van der Waals surface area contributed by atoms with E-state index >= 15 is 0 Å². The van der Waals surface area contributed by atoms with Gasteiger partial charge in [-0.15, -0.1) is 0 Å². The fourth-order valence-corrected chi connectivity index (χ4v) is 0.946. The van der Waals surface area contributed by atoms with Crippen molar-refractivity contribution in [2.24, 2.45) is 5.73 Å². The third-order valence-corrected chi connectivity index (χ3v) is 1.75. The summed E-state index contributed by atoms with van der Waals surface area (Å²) in [6, 6.07) is 0. The smallest absolute Gasteiger partial charge is 0.0310 e. The molecule has 0 heterocycles. The largest absolute Gasteiger partial charge is 0.402 e. The molecule has 0 saturated heterocycles. The topological polar surface area (TPSA) is 38.0 Å². The van der Waals surface area contributed by atoms with Crippen molar-refractivity contribution < 1.29 is 0 Å². The van der Waals surface area contributed by atoms with Crippen LogP contribution in [0.25, 0.3) is 0 Å². The van der Waals surface area contributed by atoms with Gasteiger partial charge in [-0.1, -0.05) is 25.2 Å². The lowest BCUT2D eigenvalue weighted by atomic mass is 10.0. The second-order valence-corrected chi connectivity index (χ2v) is 3.86. The summed E-state index contributed by atoms with van der Waals surface area (Å²) in [5.41, 5.74) is 6.45. The Bertz CT molecular complexity index is 186. The van der Waals surface area contributed by atoms with E-state index in [9.17, 15) is 0 Å². The molecule has 2 nitrogen and oxygen atoms in total. The second-order valence-electron chi connectivity index (χ2n) is 3.86. The van der Waals surface area contributed by atoms with Crippen LogP contribution >= 0.6 is 0 Å². The van der Waals surface area contributed by atoms with E-state index in [1.54, 1.807) is 0 Å². The summed E-state index contributed by atoms with van der Waals surface area (Å²) >= 11 is 0. The van der Waals surface area contributed by atoms with Crippen molar-refractivity contribution in [2.45, 2.75) is 39.7 Å². The van der Waals surface area contributed by atoms with Crippen LogP contribution in [-0.2, 0) is 0 Å². The number of hydrogen-bond donors (Lipinski definition) is 2. The minimum absolute atomic E-state index is 0.0575. The van der Waals surface area contributed by atoms with E-state index in [0.717, 1.165) is 18.7 Å². The molecule has 0 fully saturated rings. The quantitative estimate of drug-likeness (QED) is 0.640. The Hall–Kier alpha value is -0.760. The van der Waals surface area contributed by atoms with Gasteiger partial charge in [-0.3, -0.25) is 0 Å². The van der Waals surface area contributed by atoms with Gasteiger partial charge in [-0.05, 0) is 27.2 Å². The van der Waals surface area contributed by atoms with Crippen molar-refractivity contribution in [2.75, 3.05) is 6.54 Å². The van der Waals surface area contributed by atoms with Crippen molar-refractivity contribution in [1.29, 1.82) is 0 Å². The first kappa shape index (κ1) is 12.2. The predicted molar refractivity (Wildman–Crippen MR) is 59.5 cm³/mol. The van der Waals surface area contributed by atoms with Crippen LogP contribution in [0, 0.1) is 0 Å². The third kappa shape index (κ3) is 7.60. The SMILES string of the molecule is CC/C=C\C(C)(C)NC/C=C(/C)N. The average molecular weight is 182 g/mol. The maximum Gasteiger partial charge on any atom is 0.0310 e. The fourth-order valence-electron chi connectivity index (χ4n) is 0.946. The molecule has 76 valence electrons. The van der Waals surface area contributed by atoms with Crippen LogP contribution in [-0.4, -0.2) is 12.1 Å². The van der Waals surface area contributed by atoms with Crippen LogP contribution in [0.4, 0.5) is 0 Å². The molecule has 0 aliphatic carbocycles. The highest BCUT2D eigenvalue weighted by atomic mass is 14.9. The standard InChI is InChI=1S/C11H22N2/c1-5-6-8-11(3,4)13-9-7-10(2)12/h6-8,13H,5,9,12H2,1-4H3/b8-6-,10-7-. The molecule has 0 saturated carbocycles. The summed E-state index contributed by atoms with van der Waals surface area (Å²) in [5, 5.41) is 3.38. The zero-order valence-corrected chi connectivity index (χ0v) is 9.22. The maximum absolute atomic E-state index is 5.52. The molecule has 13 heavy (non-hydrogen) atoms. The molecule has 0 aliphatic heterocycles. The number of hydrogen-bond acceptors (Lipinski definition) is 2.